The van der Waals surface area contributed by atoms with Gasteiger partial charge in [0, 0.05) is 15.4 Å². The summed E-state index contributed by atoms with van der Waals surface area (Å²) < 4.78 is 9.79. The molecule has 0 bridgehead atoms. The second-order valence-corrected chi connectivity index (χ2v) is 7.07. The summed E-state index contributed by atoms with van der Waals surface area (Å²) in [6.45, 7) is 0.0622. The first kappa shape index (κ1) is 15.1. The van der Waals surface area contributed by atoms with Crippen molar-refractivity contribution < 1.29 is 14.6 Å². The molecule has 1 aliphatic heterocycles. The van der Waals surface area contributed by atoms with E-state index in [4.69, 9.17) is 4.74 Å². The maximum atomic E-state index is 11.3. The molecule has 0 aromatic heterocycles. The highest BCUT2D eigenvalue weighted by molar-refractivity contribution is 9.10. The van der Waals surface area contributed by atoms with Gasteiger partial charge in [0.2, 0.25) is 0 Å². The molecule has 5 nitrogen and oxygen atoms in total. The van der Waals surface area contributed by atoms with Gasteiger partial charge in [-0.2, -0.15) is 0 Å². The lowest BCUT2D eigenvalue weighted by atomic mass is 9.94. The number of aliphatic hydroxyl groups excluding tert-OH is 1. The molecule has 3 N–H and O–H groups in total. The minimum Gasteiger partial charge on any atom is -0.482 e. The number of rotatable bonds is 3. The van der Waals surface area contributed by atoms with Gasteiger partial charge in [-0.15, -0.1) is 0 Å². The van der Waals surface area contributed by atoms with Crippen molar-refractivity contribution in [1.82, 2.24) is 4.72 Å². The Hall–Kier alpha value is -0.760. The number of aliphatic hydroxyl groups is 1. The number of benzene rings is 1. The molecule has 21 heavy (non-hydrogen) atoms. The molecule has 1 amide bonds. The van der Waals surface area contributed by atoms with Gasteiger partial charge in [0.15, 0.2) is 6.61 Å². The molecule has 0 atom stereocenters. The topological polar surface area (TPSA) is 70.6 Å². The smallest absolute Gasteiger partial charge is 0.262 e. The third kappa shape index (κ3) is 3.71. The van der Waals surface area contributed by atoms with Crippen LogP contribution in [0.25, 0.3) is 0 Å². The Morgan fingerprint density at radius 3 is 2.86 bits per heavy atom. The summed E-state index contributed by atoms with van der Waals surface area (Å²) in [7, 11) is 0. The Balaban J connectivity index is 1.64. The van der Waals surface area contributed by atoms with Crippen molar-refractivity contribution in [3.05, 3.63) is 16.6 Å². The van der Waals surface area contributed by atoms with Crippen LogP contribution in [0.3, 0.4) is 0 Å². The normalized spacial score (nSPS) is 25.0. The number of ether oxygens (including phenoxy) is 1. The molecule has 0 saturated heterocycles. The zero-order valence-electron chi connectivity index (χ0n) is 11.4. The molecule has 1 saturated carbocycles. The molecule has 0 spiro atoms. The monoisotopic (exact) mass is 372 g/mol. The van der Waals surface area contributed by atoms with Crippen molar-refractivity contribution in [2.45, 2.75) is 42.7 Å². The lowest BCUT2D eigenvalue weighted by molar-refractivity contribution is -0.118. The van der Waals surface area contributed by atoms with Crippen LogP contribution in [0.2, 0.25) is 0 Å². The third-order valence-corrected chi connectivity index (χ3v) is 5.63. The van der Waals surface area contributed by atoms with Gasteiger partial charge in [0.1, 0.15) is 5.75 Å². The zero-order chi connectivity index (χ0) is 14.8. The van der Waals surface area contributed by atoms with Gasteiger partial charge in [-0.25, -0.2) is 0 Å². The predicted molar refractivity (Wildman–Crippen MR) is 85.5 cm³/mol. The van der Waals surface area contributed by atoms with Crippen LogP contribution in [0.1, 0.15) is 25.7 Å². The summed E-state index contributed by atoms with van der Waals surface area (Å²) in [4.78, 5) is 12.3. The number of amides is 1. The standard InChI is InChI=1S/C14H17BrN2O3S/c15-10-5-11-12(20-7-14(19)16-11)6-13(10)21-17-8-1-3-9(18)4-2-8/h5-6,8-9,17-18H,1-4,7H2,(H,16,19). The largest absolute Gasteiger partial charge is 0.482 e. The quantitative estimate of drug-likeness (QED) is 0.711. The molecular weight excluding hydrogens is 356 g/mol. The van der Waals surface area contributed by atoms with E-state index in [1.54, 1.807) is 11.9 Å². The molecule has 1 aliphatic carbocycles. The van der Waals surface area contributed by atoms with Gasteiger partial charge in [-0.1, -0.05) is 0 Å². The Labute approximate surface area is 136 Å². The van der Waals surface area contributed by atoms with Crippen molar-refractivity contribution in [2.75, 3.05) is 11.9 Å². The summed E-state index contributed by atoms with van der Waals surface area (Å²) in [6.07, 6.45) is 3.56. The van der Waals surface area contributed by atoms with Gasteiger partial charge in [0.25, 0.3) is 5.91 Å². The van der Waals surface area contributed by atoms with E-state index < -0.39 is 0 Å². The van der Waals surface area contributed by atoms with Crippen molar-refractivity contribution in [3.63, 3.8) is 0 Å². The maximum Gasteiger partial charge on any atom is 0.262 e. The van der Waals surface area contributed by atoms with Gasteiger partial charge in [0.05, 0.1) is 11.8 Å². The van der Waals surface area contributed by atoms with Crippen molar-refractivity contribution in [1.29, 1.82) is 0 Å². The third-order valence-electron chi connectivity index (χ3n) is 3.70. The van der Waals surface area contributed by atoms with Crippen LogP contribution in [-0.2, 0) is 4.79 Å². The van der Waals surface area contributed by atoms with Crippen LogP contribution in [0, 0.1) is 0 Å². The van der Waals surface area contributed by atoms with E-state index >= 15 is 0 Å². The molecule has 1 aromatic rings. The number of carbonyl (C=O) groups is 1. The van der Waals surface area contributed by atoms with Crippen molar-refractivity contribution in [2.24, 2.45) is 0 Å². The molecule has 0 radical (unpaired) electrons. The summed E-state index contributed by atoms with van der Waals surface area (Å²) in [5, 5.41) is 12.3. The van der Waals surface area contributed by atoms with E-state index in [0.717, 1.165) is 35.1 Å². The van der Waals surface area contributed by atoms with Crippen LogP contribution in [-0.4, -0.2) is 29.8 Å². The Morgan fingerprint density at radius 2 is 2.10 bits per heavy atom. The Morgan fingerprint density at radius 1 is 1.33 bits per heavy atom. The first-order valence-corrected chi connectivity index (χ1v) is 8.59. The van der Waals surface area contributed by atoms with Gasteiger partial charge in [-0.05, 0) is 65.7 Å². The molecule has 1 aromatic carbocycles. The molecular formula is C14H17BrN2O3S. The highest BCUT2D eigenvalue weighted by atomic mass is 79.9. The fourth-order valence-corrected chi connectivity index (χ4v) is 3.94. The van der Waals surface area contributed by atoms with E-state index in [9.17, 15) is 9.90 Å². The minimum atomic E-state index is -0.138. The van der Waals surface area contributed by atoms with E-state index in [2.05, 4.69) is 26.0 Å². The van der Waals surface area contributed by atoms with Crippen LogP contribution in [0.5, 0.6) is 5.75 Å². The fraction of sp³-hybridized carbons (Fsp3) is 0.500. The van der Waals surface area contributed by atoms with Gasteiger partial charge in [-0.3, -0.25) is 9.52 Å². The van der Waals surface area contributed by atoms with E-state index in [-0.39, 0.29) is 18.6 Å². The number of fused-ring (bicyclic) bond motifs is 1. The second-order valence-electron chi connectivity index (χ2n) is 5.34. The van der Waals surface area contributed by atoms with E-state index in [1.165, 1.54) is 0 Å². The fourth-order valence-electron chi connectivity index (χ4n) is 2.50. The average molecular weight is 373 g/mol. The molecule has 114 valence electrons. The van der Waals surface area contributed by atoms with Crippen molar-refractivity contribution >= 4 is 39.5 Å². The predicted octanol–water partition coefficient (Wildman–Crippen LogP) is 2.68. The van der Waals surface area contributed by atoms with Crippen LogP contribution in [0.4, 0.5) is 5.69 Å². The number of nitrogens with one attached hydrogen (secondary N) is 2. The Kier molecular flexibility index (Phi) is 4.73. The number of carbonyl (C=O) groups excluding carboxylic acids is 1. The summed E-state index contributed by atoms with van der Waals surface area (Å²) in [5.74, 6) is 0.565. The highest BCUT2D eigenvalue weighted by Gasteiger charge is 2.21. The minimum absolute atomic E-state index is 0.0622. The van der Waals surface area contributed by atoms with Gasteiger partial charge < -0.3 is 15.2 Å². The molecule has 2 aliphatic rings. The van der Waals surface area contributed by atoms with Crippen LogP contribution in [0.15, 0.2) is 21.5 Å². The van der Waals surface area contributed by atoms with Crippen LogP contribution < -0.4 is 14.8 Å². The van der Waals surface area contributed by atoms with Gasteiger partial charge >= 0.3 is 0 Å². The highest BCUT2D eigenvalue weighted by Crippen LogP contribution is 2.38. The van der Waals surface area contributed by atoms with E-state index in [1.807, 2.05) is 12.1 Å². The molecule has 7 heteroatoms. The van der Waals surface area contributed by atoms with Crippen molar-refractivity contribution in [3.8, 4) is 5.75 Å². The molecule has 3 rings (SSSR count). The summed E-state index contributed by atoms with van der Waals surface area (Å²) >= 11 is 5.08. The lowest BCUT2D eigenvalue weighted by Gasteiger charge is -2.26. The lowest BCUT2D eigenvalue weighted by Crippen LogP contribution is -2.30. The number of halogens is 1. The molecule has 0 unspecified atom stereocenters. The first-order valence-electron chi connectivity index (χ1n) is 6.98. The summed E-state index contributed by atoms with van der Waals surface area (Å²) in [5.41, 5.74) is 0.697. The number of hydrogen-bond acceptors (Lipinski definition) is 5. The zero-order valence-corrected chi connectivity index (χ0v) is 13.8. The average Bonchev–Trinajstić information content (AvgIpc) is 2.47. The number of anilines is 1. The first-order chi connectivity index (χ1) is 10.1. The number of hydrogen-bond donors (Lipinski definition) is 3. The SMILES string of the molecule is O=C1COc2cc(SNC3CCC(O)CC3)c(Br)cc2N1. The second kappa shape index (κ2) is 6.56. The maximum absolute atomic E-state index is 11.3. The van der Waals surface area contributed by atoms with E-state index in [0.29, 0.717) is 17.5 Å². The summed E-state index contributed by atoms with van der Waals surface area (Å²) in [6, 6.07) is 4.21. The van der Waals surface area contributed by atoms with Crippen LogP contribution >= 0.6 is 27.9 Å². The Bertz CT molecular complexity index is 547. The molecule has 1 heterocycles. The molecule has 1 fully saturated rings.